The van der Waals surface area contributed by atoms with Crippen LogP contribution in [0, 0.1) is 27.7 Å². The van der Waals surface area contributed by atoms with Crippen LogP contribution >= 0.6 is 0 Å². The van der Waals surface area contributed by atoms with Gasteiger partial charge in [0, 0.05) is 23.8 Å². The SMILES string of the molecule is CCN=C=C(Nc1c(C)cccc1C)C(=NC(C)(C)C)Nc1c(C)cccc1C. The van der Waals surface area contributed by atoms with E-state index in [1.807, 2.05) is 6.92 Å². The number of nitrogens with zero attached hydrogens (tertiary/aromatic N) is 2. The van der Waals surface area contributed by atoms with E-state index >= 15 is 0 Å². The van der Waals surface area contributed by atoms with Gasteiger partial charge in [-0.15, -0.1) is 0 Å². The Morgan fingerprint density at radius 2 is 1.28 bits per heavy atom. The van der Waals surface area contributed by atoms with Crippen molar-refractivity contribution >= 4 is 23.1 Å². The number of nitrogens with one attached hydrogen (secondary N) is 2. The summed E-state index contributed by atoms with van der Waals surface area (Å²) in [6.07, 6.45) is 0. The minimum atomic E-state index is -0.263. The molecule has 2 aromatic rings. The summed E-state index contributed by atoms with van der Waals surface area (Å²) in [7, 11) is 0. The number of para-hydroxylation sites is 2. The summed E-state index contributed by atoms with van der Waals surface area (Å²) >= 11 is 0. The molecule has 0 bridgehead atoms. The Labute approximate surface area is 175 Å². The second-order valence-electron chi connectivity index (χ2n) is 8.38. The first-order chi connectivity index (χ1) is 13.6. The number of aryl methyl sites for hydroxylation is 4. The second kappa shape index (κ2) is 9.58. The molecular formula is C25H34N4. The summed E-state index contributed by atoms with van der Waals surface area (Å²) in [5, 5.41) is 7.12. The summed E-state index contributed by atoms with van der Waals surface area (Å²) in [6.45, 7) is 17.3. The van der Waals surface area contributed by atoms with E-state index in [1.165, 1.54) is 22.3 Å². The molecule has 154 valence electrons. The van der Waals surface area contributed by atoms with Gasteiger partial charge >= 0.3 is 0 Å². The molecule has 29 heavy (non-hydrogen) atoms. The van der Waals surface area contributed by atoms with Crippen molar-refractivity contribution in [1.29, 1.82) is 0 Å². The molecule has 4 heteroatoms. The molecule has 4 nitrogen and oxygen atoms in total. The zero-order valence-electron chi connectivity index (χ0n) is 19.1. The van der Waals surface area contributed by atoms with Crippen molar-refractivity contribution < 1.29 is 0 Å². The molecule has 0 unspecified atom stereocenters. The number of amidine groups is 1. The number of anilines is 2. The summed E-state index contributed by atoms with van der Waals surface area (Å²) < 4.78 is 0. The summed E-state index contributed by atoms with van der Waals surface area (Å²) in [5.74, 6) is 3.92. The number of hydrogen-bond donors (Lipinski definition) is 2. The van der Waals surface area contributed by atoms with Crippen LogP contribution in [0.25, 0.3) is 0 Å². The van der Waals surface area contributed by atoms with Crippen LogP contribution in [0.5, 0.6) is 0 Å². The quantitative estimate of drug-likeness (QED) is 0.471. The Kier molecular flexibility index (Phi) is 7.41. The highest BCUT2D eigenvalue weighted by Crippen LogP contribution is 2.24. The van der Waals surface area contributed by atoms with Crippen LogP contribution in [-0.4, -0.2) is 23.8 Å². The summed E-state index contributed by atoms with van der Waals surface area (Å²) in [4.78, 5) is 9.37. The number of aliphatic imine (C=N–C) groups is 2. The van der Waals surface area contributed by atoms with E-state index in [4.69, 9.17) is 4.99 Å². The zero-order chi connectivity index (χ0) is 21.6. The monoisotopic (exact) mass is 390 g/mol. The second-order valence-corrected chi connectivity index (χ2v) is 8.38. The maximum atomic E-state index is 4.98. The lowest BCUT2D eigenvalue weighted by atomic mass is 10.1. The molecule has 0 saturated carbocycles. The van der Waals surface area contributed by atoms with Gasteiger partial charge in [-0.2, -0.15) is 0 Å². The molecule has 0 heterocycles. The zero-order valence-corrected chi connectivity index (χ0v) is 19.1. The van der Waals surface area contributed by atoms with Gasteiger partial charge in [-0.1, -0.05) is 36.4 Å². The lowest BCUT2D eigenvalue weighted by molar-refractivity contribution is 0.584. The Morgan fingerprint density at radius 3 is 1.69 bits per heavy atom. The van der Waals surface area contributed by atoms with Gasteiger partial charge < -0.3 is 10.6 Å². The van der Waals surface area contributed by atoms with Crippen LogP contribution in [0.3, 0.4) is 0 Å². The fourth-order valence-electron chi connectivity index (χ4n) is 3.05. The third-order valence-corrected chi connectivity index (χ3v) is 4.49. The summed E-state index contributed by atoms with van der Waals surface area (Å²) in [6, 6.07) is 12.5. The van der Waals surface area contributed by atoms with Crippen molar-refractivity contribution in [3.8, 4) is 0 Å². The van der Waals surface area contributed by atoms with Crippen molar-refractivity contribution in [2.24, 2.45) is 9.98 Å². The molecular weight excluding hydrogens is 356 g/mol. The van der Waals surface area contributed by atoms with E-state index in [9.17, 15) is 0 Å². The van der Waals surface area contributed by atoms with Gasteiger partial charge in [-0.05, 0) is 77.6 Å². The molecule has 0 atom stereocenters. The van der Waals surface area contributed by atoms with Gasteiger partial charge in [-0.25, -0.2) is 4.99 Å². The first kappa shape index (κ1) is 22.4. The molecule has 2 aromatic carbocycles. The fraction of sp³-hybridized carbons (Fsp3) is 0.400. The highest BCUT2D eigenvalue weighted by Gasteiger charge is 2.17. The van der Waals surface area contributed by atoms with Crippen molar-refractivity contribution in [2.45, 2.75) is 60.9 Å². The molecule has 0 fully saturated rings. The van der Waals surface area contributed by atoms with Gasteiger partial charge in [0.15, 0.2) is 5.84 Å². The molecule has 0 aromatic heterocycles. The minimum Gasteiger partial charge on any atom is -0.344 e. The smallest absolute Gasteiger partial charge is 0.160 e. The Hall–Kier alpha value is -2.84. The summed E-state index contributed by atoms with van der Waals surface area (Å²) in [5.41, 5.74) is 7.28. The third kappa shape index (κ3) is 6.33. The van der Waals surface area contributed by atoms with Gasteiger partial charge in [0.25, 0.3) is 0 Å². The normalized spacial score (nSPS) is 11.7. The number of hydrogen-bond acceptors (Lipinski definition) is 3. The minimum absolute atomic E-state index is 0.263. The van der Waals surface area contributed by atoms with E-state index in [2.05, 4.69) is 106 Å². The molecule has 2 N–H and O–H groups in total. The highest BCUT2D eigenvalue weighted by atomic mass is 15.1. The van der Waals surface area contributed by atoms with Gasteiger partial charge in [-0.3, -0.25) is 4.99 Å². The number of benzene rings is 2. The maximum Gasteiger partial charge on any atom is 0.160 e. The average Bonchev–Trinajstić information content (AvgIpc) is 2.62. The van der Waals surface area contributed by atoms with Crippen LogP contribution < -0.4 is 10.6 Å². The van der Waals surface area contributed by atoms with E-state index in [0.717, 1.165) is 22.9 Å². The van der Waals surface area contributed by atoms with Crippen LogP contribution in [0.2, 0.25) is 0 Å². The topological polar surface area (TPSA) is 48.8 Å². The average molecular weight is 391 g/mol. The van der Waals surface area contributed by atoms with Gasteiger partial charge in [0.1, 0.15) is 5.70 Å². The standard InChI is InChI=1S/C25H34N4/c1-9-26-16-21(27-22-17(2)12-10-13-18(22)3)24(29-25(6,7)8)28-23-19(4)14-11-15-20(23)5/h10-15,27H,9H2,1-8H3,(H,28,29). The first-order valence-electron chi connectivity index (χ1n) is 10.2. The molecule has 0 aliphatic rings. The molecule has 0 aliphatic heterocycles. The molecule has 0 spiro atoms. The lowest BCUT2D eigenvalue weighted by Gasteiger charge is -2.22. The van der Waals surface area contributed by atoms with Crippen molar-refractivity contribution in [2.75, 3.05) is 17.2 Å². The van der Waals surface area contributed by atoms with E-state index in [1.54, 1.807) is 0 Å². The number of rotatable bonds is 5. The highest BCUT2D eigenvalue weighted by molar-refractivity contribution is 6.15. The van der Waals surface area contributed by atoms with Crippen LogP contribution in [0.15, 0.2) is 52.1 Å². The van der Waals surface area contributed by atoms with Crippen molar-refractivity contribution in [3.63, 3.8) is 0 Å². The van der Waals surface area contributed by atoms with E-state index < -0.39 is 0 Å². The molecule has 2 rings (SSSR count). The van der Waals surface area contributed by atoms with Crippen LogP contribution in [0.1, 0.15) is 49.9 Å². The Bertz CT molecular complexity index is 915. The first-order valence-corrected chi connectivity index (χ1v) is 10.2. The van der Waals surface area contributed by atoms with Crippen LogP contribution in [-0.2, 0) is 0 Å². The predicted molar refractivity (Wildman–Crippen MR) is 128 cm³/mol. The van der Waals surface area contributed by atoms with Crippen molar-refractivity contribution in [1.82, 2.24) is 0 Å². The largest absolute Gasteiger partial charge is 0.344 e. The molecule has 0 aliphatic carbocycles. The van der Waals surface area contributed by atoms with Crippen molar-refractivity contribution in [3.05, 3.63) is 64.3 Å². The Morgan fingerprint density at radius 1 is 0.828 bits per heavy atom. The van der Waals surface area contributed by atoms with E-state index in [-0.39, 0.29) is 5.54 Å². The molecule has 0 radical (unpaired) electrons. The van der Waals surface area contributed by atoms with Gasteiger partial charge in [0.2, 0.25) is 0 Å². The van der Waals surface area contributed by atoms with Crippen LogP contribution in [0.4, 0.5) is 11.4 Å². The predicted octanol–water partition coefficient (Wildman–Crippen LogP) is 6.21. The Balaban J connectivity index is 2.60. The third-order valence-electron chi connectivity index (χ3n) is 4.49. The maximum absolute atomic E-state index is 4.98. The van der Waals surface area contributed by atoms with Gasteiger partial charge in [0.05, 0.1) is 5.54 Å². The lowest BCUT2D eigenvalue weighted by Crippen LogP contribution is -2.26. The molecule has 0 saturated heterocycles. The molecule has 0 amide bonds. The fourth-order valence-corrected chi connectivity index (χ4v) is 3.05. The van der Waals surface area contributed by atoms with E-state index in [0.29, 0.717) is 6.54 Å².